The van der Waals surface area contributed by atoms with Crippen molar-refractivity contribution in [1.29, 1.82) is 0 Å². The Kier molecular flexibility index (Phi) is 5.91. The van der Waals surface area contributed by atoms with Gasteiger partial charge in [-0.3, -0.25) is 14.4 Å². The second-order valence-electron chi connectivity index (χ2n) is 9.27. The molecule has 0 aliphatic carbocycles. The predicted octanol–water partition coefficient (Wildman–Crippen LogP) is 1.65. The molecular formula is C25H26FN7O3. The van der Waals surface area contributed by atoms with Crippen LogP contribution in [0.3, 0.4) is 0 Å². The lowest BCUT2D eigenvalue weighted by atomic mass is 9.92. The summed E-state index contributed by atoms with van der Waals surface area (Å²) in [6.07, 6.45) is 2.04. The van der Waals surface area contributed by atoms with Crippen molar-refractivity contribution in [3.05, 3.63) is 71.5 Å². The van der Waals surface area contributed by atoms with Crippen LogP contribution in [0, 0.1) is 0 Å². The van der Waals surface area contributed by atoms with E-state index in [-0.39, 0.29) is 30.6 Å². The average Bonchev–Trinajstić information content (AvgIpc) is 3.29. The highest BCUT2D eigenvalue weighted by atomic mass is 19.1. The average molecular weight is 492 g/mol. The van der Waals surface area contributed by atoms with Crippen molar-refractivity contribution in [2.45, 2.75) is 24.6 Å². The third-order valence-electron chi connectivity index (χ3n) is 6.66. The lowest BCUT2D eigenvalue weighted by Gasteiger charge is -2.43. The van der Waals surface area contributed by atoms with E-state index < -0.39 is 17.6 Å². The topological polar surface area (TPSA) is 126 Å². The molecule has 3 amide bonds. The second kappa shape index (κ2) is 9.06. The first-order chi connectivity index (χ1) is 17.2. The molecule has 1 aromatic heterocycles. The molecule has 2 aliphatic rings. The van der Waals surface area contributed by atoms with Crippen LogP contribution >= 0.6 is 0 Å². The van der Waals surface area contributed by atoms with Crippen LogP contribution in [0.4, 0.5) is 15.8 Å². The molecular weight excluding hydrogens is 465 g/mol. The maximum atomic E-state index is 15.6. The van der Waals surface area contributed by atoms with Gasteiger partial charge in [0.25, 0.3) is 5.91 Å². The van der Waals surface area contributed by atoms with Gasteiger partial charge in [0, 0.05) is 32.0 Å². The number of hydrogen-bond acceptors (Lipinski definition) is 6. The number of alkyl halides is 1. The number of primary amides is 1. The van der Waals surface area contributed by atoms with Crippen LogP contribution in [0.15, 0.2) is 54.7 Å². The molecule has 3 N–H and O–H groups in total. The molecule has 186 valence electrons. The number of carbonyl (C=O) groups is 3. The summed E-state index contributed by atoms with van der Waals surface area (Å²) < 4.78 is 16.9. The van der Waals surface area contributed by atoms with Gasteiger partial charge in [0.2, 0.25) is 11.8 Å². The summed E-state index contributed by atoms with van der Waals surface area (Å²) in [4.78, 5) is 40.4. The van der Waals surface area contributed by atoms with Crippen LogP contribution in [0.2, 0.25) is 0 Å². The number of carbonyl (C=O) groups excluding carboxylic acids is 3. The Morgan fingerprint density at radius 2 is 1.94 bits per heavy atom. The fourth-order valence-electron chi connectivity index (χ4n) is 4.55. The van der Waals surface area contributed by atoms with Crippen molar-refractivity contribution in [2.75, 3.05) is 36.9 Å². The van der Waals surface area contributed by atoms with Crippen LogP contribution in [0.1, 0.15) is 34.1 Å². The Balaban J connectivity index is 1.28. The molecule has 2 aromatic carbocycles. The summed E-state index contributed by atoms with van der Waals surface area (Å²) in [7, 11) is 1.88. The van der Waals surface area contributed by atoms with Crippen molar-refractivity contribution >= 4 is 29.1 Å². The number of likely N-dealkylation sites (tertiary alicyclic amines) is 1. The third-order valence-corrected chi connectivity index (χ3v) is 6.66. The lowest BCUT2D eigenvalue weighted by Crippen LogP contribution is -2.59. The molecule has 2 aliphatic heterocycles. The summed E-state index contributed by atoms with van der Waals surface area (Å²) in [5.74, 6) is -1.07. The van der Waals surface area contributed by atoms with E-state index in [0.717, 1.165) is 11.3 Å². The first kappa shape index (κ1) is 23.5. The molecule has 1 unspecified atom stereocenters. The molecule has 3 aromatic rings. The summed E-state index contributed by atoms with van der Waals surface area (Å²) in [6.45, 7) is 0.173. The maximum Gasteiger partial charge on any atom is 0.254 e. The largest absolute Gasteiger partial charge is 0.372 e. The maximum absolute atomic E-state index is 15.6. The van der Waals surface area contributed by atoms with Gasteiger partial charge in [0.05, 0.1) is 30.7 Å². The van der Waals surface area contributed by atoms with Crippen molar-refractivity contribution in [3.63, 3.8) is 0 Å². The molecule has 10 nitrogen and oxygen atoms in total. The molecule has 3 heterocycles. The molecule has 1 fully saturated rings. The van der Waals surface area contributed by atoms with Gasteiger partial charge in [-0.1, -0.05) is 35.5 Å². The fourth-order valence-corrected chi connectivity index (χ4v) is 4.55. The van der Waals surface area contributed by atoms with Gasteiger partial charge in [0.1, 0.15) is 11.7 Å². The Labute approximate surface area is 206 Å². The molecule has 11 heteroatoms. The van der Waals surface area contributed by atoms with Gasteiger partial charge < -0.3 is 20.9 Å². The molecule has 1 atom stereocenters. The zero-order chi connectivity index (χ0) is 25.4. The lowest BCUT2D eigenvalue weighted by molar-refractivity contribution is -0.121. The molecule has 5 rings (SSSR count). The third kappa shape index (κ3) is 4.39. The van der Waals surface area contributed by atoms with E-state index >= 15 is 4.39 Å². The monoisotopic (exact) mass is 491 g/mol. The van der Waals surface area contributed by atoms with Crippen LogP contribution in [0.25, 0.3) is 0 Å². The van der Waals surface area contributed by atoms with E-state index in [1.165, 1.54) is 15.8 Å². The van der Waals surface area contributed by atoms with Crippen LogP contribution in [0.5, 0.6) is 0 Å². The molecule has 1 saturated heterocycles. The first-order valence-electron chi connectivity index (χ1n) is 11.6. The van der Waals surface area contributed by atoms with Crippen molar-refractivity contribution in [3.8, 4) is 0 Å². The highest BCUT2D eigenvalue weighted by Crippen LogP contribution is 2.37. The number of nitrogens with zero attached hydrogens (tertiary/aromatic N) is 5. The van der Waals surface area contributed by atoms with E-state index in [4.69, 9.17) is 5.73 Å². The minimum absolute atomic E-state index is 0.0432. The van der Waals surface area contributed by atoms with E-state index in [0.29, 0.717) is 30.6 Å². The smallest absolute Gasteiger partial charge is 0.254 e. The summed E-state index contributed by atoms with van der Waals surface area (Å²) in [5.41, 5.74) is 6.35. The quantitative estimate of drug-likeness (QED) is 0.540. The Morgan fingerprint density at radius 3 is 2.67 bits per heavy atom. The van der Waals surface area contributed by atoms with E-state index in [9.17, 15) is 14.4 Å². The SMILES string of the molecule is CN1CCC(=O)Nc2cc(C(=O)N3CC(F)(c4cn(C(Cc5ccccc5)C(N)=O)nn4)C3)ccc21. The number of halogens is 1. The zero-order valence-corrected chi connectivity index (χ0v) is 19.7. The second-order valence-corrected chi connectivity index (χ2v) is 9.27. The van der Waals surface area contributed by atoms with Gasteiger partial charge in [-0.05, 0) is 23.8 Å². The van der Waals surface area contributed by atoms with Gasteiger partial charge in [-0.2, -0.15) is 0 Å². The molecule has 0 radical (unpaired) electrons. The number of nitrogens with two attached hydrogens (primary N) is 1. The number of benzene rings is 2. The highest BCUT2D eigenvalue weighted by molar-refractivity contribution is 6.01. The number of fused-ring (bicyclic) bond motifs is 1. The van der Waals surface area contributed by atoms with E-state index in [2.05, 4.69) is 15.6 Å². The number of amides is 3. The normalized spacial score (nSPS) is 17.4. The van der Waals surface area contributed by atoms with Gasteiger partial charge in [-0.15, -0.1) is 5.10 Å². The van der Waals surface area contributed by atoms with Gasteiger partial charge in [-0.25, -0.2) is 9.07 Å². The van der Waals surface area contributed by atoms with E-state index in [1.807, 2.05) is 42.3 Å². The molecule has 0 bridgehead atoms. The number of hydrogen-bond donors (Lipinski definition) is 2. The van der Waals surface area contributed by atoms with Gasteiger partial charge in [0.15, 0.2) is 5.67 Å². The highest BCUT2D eigenvalue weighted by Gasteiger charge is 2.49. The zero-order valence-electron chi connectivity index (χ0n) is 19.7. The molecule has 0 saturated carbocycles. The van der Waals surface area contributed by atoms with Crippen molar-refractivity contribution < 1.29 is 18.8 Å². The fraction of sp³-hybridized carbons (Fsp3) is 0.320. The molecule has 36 heavy (non-hydrogen) atoms. The number of rotatable bonds is 6. The Morgan fingerprint density at radius 1 is 1.19 bits per heavy atom. The standard InChI is InChI=1S/C25H26FN7O3/c1-31-10-9-22(34)28-18-12-17(7-8-19(18)31)24(36)32-14-25(26,15-32)21-13-33(30-29-21)20(23(27)35)11-16-5-3-2-4-6-16/h2-8,12-13,20H,9-11,14-15H2,1H3,(H2,27,35)(H,28,34). The first-order valence-corrected chi connectivity index (χ1v) is 11.6. The van der Waals surface area contributed by atoms with Crippen molar-refractivity contribution in [2.24, 2.45) is 5.73 Å². The van der Waals surface area contributed by atoms with Gasteiger partial charge >= 0.3 is 0 Å². The summed E-state index contributed by atoms with van der Waals surface area (Å²) in [6, 6.07) is 13.6. The van der Waals surface area contributed by atoms with Crippen molar-refractivity contribution in [1.82, 2.24) is 19.9 Å². The minimum Gasteiger partial charge on any atom is -0.372 e. The van der Waals surface area contributed by atoms with E-state index in [1.54, 1.807) is 18.2 Å². The Bertz CT molecular complexity index is 1320. The predicted molar refractivity (Wildman–Crippen MR) is 130 cm³/mol. The van der Waals surface area contributed by atoms with Crippen LogP contribution in [-0.2, 0) is 21.7 Å². The number of aromatic nitrogens is 3. The number of anilines is 2. The number of nitrogens with one attached hydrogen (secondary N) is 1. The van der Waals surface area contributed by atoms with Crippen LogP contribution in [-0.4, -0.2) is 64.3 Å². The minimum atomic E-state index is -1.89. The molecule has 0 spiro atoms. The summed E-state index contributed by atoms with van der Waals surface area (Å²) >= 11 is 0. The van der Waals surface area contributed by atoms with Crippen LogP contribution < -0.4 is 16.0 Å². The Hall–Kier alpha value is -4.28. The summed E-state index contributed by atoms with van der Waals surface area (Å²) in [5, 5.41) is 10.7.